The van der Waals surface area contributed by atoms with E-state index in [9.17, 15) is 0 Å². The van der Waals surface area contributed by atoms with Gasteiger partial charge in [0.05, 0.1) is 0 Å². The van der Waals surface area contributed by atoms with Crippen molar-refractivity contribution < 1.29 is 8.83 Å². The van der Waals surface area contributed by atoms with Crippen molar-refractivity contribution in [2.24, 2.45) is 0 Å². The summed E-state index contributed by atoms with van der Waals surface area (Å²) >= 11 is 1.84. The lowest BCUT2D eigenvalue weighted by Crippen LogP contribution is -2.09. The van der Waals surface area contributed by atoms with E-state index in [2.05, 4.69) is 169 Å². The lowest BCUT2D eigenvalue weighted by molar-refractivity contribution is 0.669. The third-order valence-electron chi connectivity index (χ3n) is 11.2. The highest BCUT2D eigenvalue weighted by atomic mass is 32.1. The van der Waals surface area contributed by atoms with Gasteiger partial charge in [-0.05, 0) is 129 Å². The van der Waals surface area contributed by atoms with Gasteiger partial charge in [0.1, 0.15) is 22.3 Å². The standard InChI is InChI=1S/C52H31NO2S/c1-6-12-51-37(7-1)31-52(56-51)34-15-13-32(14-16-34)33-17-21-40(22-18-33)53(41-23-19-35-29-49-45(27-38(35)25-41)43-8-2-4-10-47(43)54-49)42-24-20-36-30-50-46(28-39(36)26-42)44-9-3-5-11-48(44)55-50/h1-31H. The number of hydrogen-bond acceptors (Lipinski definition) is 4. The van der Waals surface area contributed by atoms with Crippen LogP contribution in [0.2, 0.25) is 0 Å². The minimum absolute atomic E-state index is 0.906. The van der Waals surface area contributed by atoms with E-state index in [1.54, 1.807) is 0 Å². The largest absolute Gasteiger partial charge is 0.456 e. The zero-order valence-electron chi connectivity index (χ0n) is 30.1. The first-order valence-corrected chi connectivity index (χ1v) is 19.7. The molecule has 0 fully saturated rings. The summed E-state index contributed by atoms with van der Waals surface area (Å²) in [4.78, 5) is 3.65. The van der Waals surface area contributed by atoms with Crippen molar-refractivity contribution in [3.63, 3.8) is 0 Å². The molecule has 3 heterocycles. The van der Waals surface area contributed by atoms with Crippen LogP contribution in [0.15, 0.2) is 197 Å². The normalized spacial score (nSPS) is 11.9. The van der Waals surface area contributed by atoms with Gasteiger partial charge in [0.15, 0.2) is 0 Å². The van der Waals surface area contributed by atoms with E-state index in [1.165, 1.54) is 31.7 Å². The average Bonchev–Trinajstić information content (AvgIpc) is 3.95. The average molecular weight is 734 g/mol. The molecular formula is C52H31NO2S. The highest BCUT2D eigenvalue weighted by molar-refractivity contribution is 7.22. The minimum Gasteiger partial charge on any atom is -0.456 e. The van der Waals surface area contributed by atoms with Gasteiger partial charge in [0.2, 0.25) is 0 Å². The lowest BCUT2D eigenvalue weighted by Gasteiger charge is -2.26. The Labute approximate surface area is 325 Å². The third kappa shape index (κ3) is 5.04. The summed E-state index contributed by atoms with van der Waals surface area (Å²) in [7, 11) is 0. The van der Waals surface area contributed by atoms with Crippen LogP contribution in [-0.4, -0.2) is 0 Å². The summed E-state index contributed by atoms with van der Waals surface area (Å²) in [6.45, 7) is 0. The molecule has 0 atom stereocenters. The highest BCUT2D eigenvalue weighted by Crippen LogP contribution is 2.42. The maximum absolute atomic E-state index is 6.24. The van der Waals surface area contributed by atoms with E-state index < -0.39 is 0 Å². The fraction of sp³-hybridized carbons (Fsp3) is 0. The highest BCUT2D eigenvalue weighted by Gasteiger charge is 2.17. The molecule has 12 rings (SSSR count). The van der Waals surface area contributed by atoms with Crippen molar-refractivity contribution in [2.45, 2.75) is 0 Å². The van der Waals surface area contributed by atoms with Crippen LogP contribution >= 0.6 is 11.3 Å². The van der Waals surface area contributed by atoms with Gasteiger partial charge in [-0.3, -0.25) is 0 Å². The smallest absolute Gasteiger partial charge is 0.136 e. The number of hydrogen-bond donors (Lipinski definition) is 0. The Morgan fingerprint density at radius 2 is 0.821 bits per heavy atom. The molecule has 0 bridgehead atoms. The molecule has 0 spiro atoms. The summed E-state index contributed by atoms with van der Waals surface area (Å²) in [5.74, 6) is 0. The van der Waals surface area contributed by atoms with Crippen LogP contribution in [-0.2, 0) is 0 Å². The second-order valence-electron chi connectivity index (χ2n) is 14.6. The van der Waals surface area contributed by atoms with Crippen molar-refractivity contribution in [2.75, 3.05) is 4.90 Å². The molecule has 0 unspecified atom stereocenters. The summed E-state index contributed by atoms with van der Waals surface area (Å²) in [5.41, 5.74) is 10.5. The molecule has 3 aromatic heterocycles. The maximum atomic E-state index is 6.24. The van der Waals surface area contributed by atoms with E-state index in [0.717, 1.165) is 82.5 Å². The number of para-hydroxylation sites is 2. The Morgan fingerprint density at radius 3 is 1.41 bits per heavy atom. The predicted octanol–water partition coefficient (Wildman–Crippen LogP) is 15.8. The van der Waals surface area contributed by atoms with Gasteiger partial charge in [-0.1, -0.05) is 103 Å². The van der Waals surface area contributed by atoms with Crippen LogP contribution in [0.3, 0.4) is 0 Å². The summed E-state index contributed by atoms with van der Waals surface area (Å²) in [5, 5.41) is 10.4. The van der Waals surface area contributed by atoms with Gasteiger partial charge >= 0.3 is 0 Å². The first kappa shape index (κ1) is 31.2. The van der Waals surface area contributed by atoms with Crippen LogP contribution in [0.1, 0.15) is 0 Å². The number of fused-ring (bicyclic) bond motifs is 9. The maximum Gasteiger partial charge on any atom is 0.136 e. The van der Waals surface area contributed by atoms with Crippen molar-refractivity contribution in [3.05, 3.63) is 188 Å². The molecule has 0 saturated heterocycles. The zero-order chi connectivity index (χ0) is 36.7. The van der Waals surface area contributed by atoms with Gasteiger partial charge in [-0.2, -0.15) is 0 Å². The Balaban J connectivity index is 0.972. The quantitative estimate of drug-likeness (QED) is 0.176. The zero-order valence-corrected chi connectivity index (χ0v) is 30.9. The lowest BCUT2D eigenvalue weighted by atomic mass is 10.0. The number of benzene rings is 9. The molecule has 12 aromatic rings. The molecule has 0 amide bonds. The van der Waals surface area contributed by atoms with Gasteiger partial charge < -0.3 is 13.7 Å². The molecule has 9 aromatic carbocycles. The Hall–Kier alpha value is -7.14. The first-order valence-electron chi connectivity index (χ1n) is 18.9. The molecule has 0 aliphatic heterocycles. The van der Waals surface area contributed by atoms with E-state index in [0.29, 0.717) is 0 Å². The van der Waals surface area contributed by atoms with Crippen molar-refractivity contribution >= 4 is 104 Å². The number of furan rings is 2. The van der Waals surface area contributed by atoms with E-state index in [4.69, 9.17) is 8.83 Å². The number of thiophene rings is 1. The predicted molar refractivity (Wildman–Crippen MR) is 237 cm³/mol. The monoisotopic (exact) mass is 733 g/mol. The van der Waals surface area contributed by atoms with Gasteiger partial charge in [0, 0.05) is 48.2 Å². The van der Waals surface area contributed by atoms with Crippen molar-refractivity contribution in [1.82, 2.24) is 0 Å². The Morgan fingerprint density at radius 1 is 0.321 bits per heavy atom. The molecular weight excluding hydrogens is 703 g/mol. The topological polar surface area (TPSA) is 29.5 Å². The Kier molecular flexibility index (Phi) is 6.80. The number of nitrogens with zero attached hydrogens (tertiary/aromatic N) is 1. The molecule has 0 aliphatic carbocycles. The van der Waals surface area contributed by atoms with E-state index in [-0.39, 0.29) is 0 Å². The molecule has 0 saturated carbocycles. The second kappa shape index (κ2) is 12.2. The summed E-state index contributed by atoms with van der Waals surface area (Å²) in [6, 6.07) is 67.6. The van der Waals surface area contributed by atoms with E-state index in [1.807, 2.05) is 35.6 Å². The van der Waals surface area contributed by atoms with Gasteiger partial charge in [-0.15, -0.1) is 11.3 Å². The van der Waals surface area contributed by atoms with Gasteiger partial charge in [-0.25, -0.2) is 0 Å². The molecule has 0 radical (unpaired) electrons. The molecule has 56 heavy (non-hydrogen) atoms. The van der Waals surface area contributed by atoms with Crippen molar-refractivity contribution in [1.29, 1.82) is 0 Å². The van der Waals surface area contributed by atoms with Crippen LogP contribution in [0.5, 0.6) is 0 Å². The van der Waals surface area contributed by atoms with Gasteiger partial charge in [0.25, 0.3) is 0 Å². The SMILES string of the molecule is c1ccc2sc(-c3ccc(-c4ccc(N(c5ccc6cc7oc8ccccc8c7cc6c5)c5ccc6cc7oc8ccccc8c7cc6c5)cc4)cc3)cc2c1. The molecule has 3 nitrogen and oxygen atoms in total. The number of rotatable bonds is 5. The fourth-order valence-electron chi connectivity index (χ4n) is 8.39. The summed E-state index contributed by atoms with van der Waals surface area (Å²) in [6.07, 6.45) is 0. The van der Waals surface area contributed by atoms with Crippen LogP contribution < -0.4 is 4.90 Å². The van der Waals surface area contributed by atoms with Crippen LogP contribution in [0.4, 0.5) is 17.1 Å². The third-order valence-corrected chi connectivity index (χ3v) is 12.4. The minimum atomic E-state index is 0.906. The molecule has 0 aliphatic rings. The Bertz CT molecular complexity index is 3290. The first-order chi connectivity index (χ1) is 27.7. The second-order valence-corrected chi connectivity index (χ2v) is 15.6. The summed E-state index contributed by atoms with van der Waals surface area (Å²) < 4.78 is 13.8. The van der Waals surface area contributed by atoms with Crippen LogP contribution in [0, 0.1) is 0 Å². The molecule has 4 heteroatoms. The number of anilines is 3. The molecule has 0 N–H and O–H groups in total. The van der Waals surface area contributed by atoms with Crippen LogP contribution in [0.25, 0.3) is 97.1 Å². The molecule has 262 valence electrons. The fourth-order valence-corrected chi connectivity index (χ4v) is 9.46. The van der Waals surface area contributed by atoms with E-state index >= 15 is 0 Å². The van der Waals surface area contributed by atoms with Crippen molar-refractivity contribution in [3.8, 4) is 21.6 Å².